The van der Waals surface area contributed by atoms with Gasteiger partial charge in [-0.05, 0) is 12.1 Å². The van der Waals surface area contributed by atoms with Crippen LogP contribution in [0, 0.1) is 11.6 Å². The quantitative estimate of drug-likeness (QED) is 0.830. The Morgan fingerprint density at radius 1 is 1.24 bits per heavy atom. The van der Waals surface area contributed by atoms with E-state index in [0.717, 1.165) is 12.1 Å². The summed E-state index contributed by atoms with van der Waals surface area (Å²) in [4.78, 5) is 19.5. The van der Waals surface area contributed by atoms with Crippen LogP contribution in [0.15, 0.2) is 43.2 Å². The minimum atomic E-state index is -0.964. The molecular formula is C14H12F2N4O. The van der Waals surface area contributed by atoms with Gasteiger partial charge in [-0.15, -0.1) is 6.58 Å². The minimum absolute atomic E-state index is 0.146. The lowest BCUT2D eigenvalue weighted by atomic mass is 10.3. The van der Waals surface area contributed by atoms with Crippen LogP contribution in [0.3, 0.4) is 0 Å². The van der Waals surface area contributed by atoms with E-state index in [-0.39, 0.29) is 11.6 Å². The third-order valence-corrected chi connectivity index (χ3v) is 2.48. The van der Waals surface area contributed by atoms with Gasteiger partial charge in [0.15, 0.2) is 11.6 Å². The number of halogens is 2. The number of hydrogen-bond donors (Lipinski definition) is 2. The van der Waals surface area contributed by atoms with Crippen molar-refractivity contribution in [3.63, 3.8) is 0 Å². The van der Waals surface area contributed by atoms with Crippen LogP contribution in [0.2, 0.25) is 0 Å². The second-order valence-electron chi connectivity index (χ2n) is 4.04. The second kappa shape index (κ2) is 6.56. The van der Waals surface area contributed by atoms with Gasteiger partial charge in [0.25, 0.3) is 5.91 Å². The van der Waals surface area contributed by atoms with Gasteiger partial charge in [-0.25, -0.2) is 18.7 Å². The normalized spacial score (nSPS) is 10.0. The third kappa shape index (κ3) is 3.82. The molecule has 0 bridgehead atoms. The van der Waals surface area contributed by atoms with Crippen LogP contribution in [-0.4, -0.2) is 22.4 Å². The zero-order valence-corrected chi connectivity index (χ0v) is 10.9. The molecule has 21 heavy (non-hydrogen) atoms. The van der Waals surface area contributed by atoms with Gasteiger partial charge in [-0.1, -0.05) is 6.08 Å². The van der Waals surface area contributed by atoms with E-state index in [0.29, 0.717) is 18.1 Å². The summed E-state index contributed by atoms with van der Waals surface area (Å²) in [6.45, 7) is 3.81. The number of anilines is 2. The van der Waals surface area contributed by atoms with E-state index in [1.807, 2.05) is 0 Å². The lowest BCUT2D eigenvalue weighted by Gasteiger charge is -2.06. The van der Waals surface area contributed by atoms with Crippen LogP contribution in [-0.2, 0) is 0 Å². The Labute approximate surface area is 119 Å². The van der Waals surface area contributed by atoms with E-state index in [1.54, 1.807) is 6.08 Å². The Kier molecular flexibility index (Phi) is 4.55. The maximum atomic E-state index is 13.1. The van der Waals surface area contributed by atoms with E-state index in [4.69, 9.17) is 0 Å². The van der Waals surface area contributed by atoms with E-state index >= 15 is 0 Å². The van der Waals surface area contributed by atoms with Crippen LogP contribution in [0.1, 0.15) is 10.5 Å². The number of carbonyl (C=O) groups is 1. The molecule has 108 valence electrons. The monoisotopic (exact) mass is 290 g/mol. The molecule has 2 N–H and O–H groups in total. The fourth-order valence-corrected chi connectivity index (χ4v) is 1.49. The SMILES string of the molecule is C=CCNC(=O)c1cnc(Nc2ccc(F)c(F)c2)cn1. The molecule has 2 aromatic rings. The number of carbonyl (C=O) groups excluding carboxylic acids is 1. The number of nitrogens with zero attached hydrogens (tertiary/aromatic N) is 2. The Bertz CT molecular complexity index is 659. The first-order valence-corrected chi connectivity index (χ1v) is 6.03. The summed E-state index contributed by atoms with van der Waals surface area (Å²) in [6, 6.07) is 3.37. The highest BCUT2D eigenvalue weighted by atomic mass is 19.2. The van der Waals surface area contributed by atoms with Crippen LogP contribution in [0.4, 0.5) is 20.3 Å². The summed E-state index contributed by atoms with van der Waals surface area (Å²) in [5, 5.41) is 5.31. The molecule has 5 nitrogen and oxygen atoms in total. The molecule has 0 atom stereocenters. The van der Waals surface area contributed by atoms with Crippen molar-refractivity contribution in [2.75, 3.05) is 11.9 Å². The summed E-state index contributed by atoms with van der Waals surface area (Å²) in [6.07, 6.45) is 4.15. The van der Waals surface area contributed by atoms with E-state index in [1.165, 1.54) is 18.5 Å². The average Bonchev–Trinajstić information content (AvgIpc) is 2.49. The smallest absolute Gasteiger partial charge is 0.271 e. The van der Waals surface area contributed by atoms with Crippen molar-refractivity contribution in [1.82, 2.24) is 15.3 Å². The van der Waals surface area contributed by atoms with Crippen LogP contribution in [0.5, 0.6) is 0 Å². The summed E-state index contributed by atoms with van der Waals surface area (Å²) in [5.74, 6) is -1.96. The fourth-order valence-electron chi connectivity index (χ4n) is 1.49. The highest BCUT2D eigenvalue weighted by Crippen LogP contribution is 2.16. The molecule has 0 saturated heterocycles. The molecule has 0 fully saturated rings. The lowest BCUT2D eigenvalue weighted by Crippen LogP contribution is -2.24. The van der Waals surface area contributed by atoms with Crippen molar-refractivity contribution < 1.29 is 13.6 Å². The van der Waals surface area contributed by atoms with Gasteiger partial charge in [0.2, 0.25) is 0 Å². The summed E-state index contributed by atoms with van der Waals surface area (Å²) < 4.78 is 25.9. The largest absolute Gasteiger partial charge is 0.347 e. The molecule has 1 aromatic carbocycles. The topological polar surface area (TPSA) is 66.9 Å². The molecule has 0 radical (unpaired) electrons. The molecule has 1 heterocycles. The fraction of sp³-hybridized carbons (Fsp3) is 0.0714. The third-order valence-electron chi connectivity index (χ3n) is 2.48. The van der Waals surface area contributed by atoms with Gasteiger partial charge in [0.1, 0.15) is 11.5 Å². The molecule has 0 saturated carbocycles. The molecule has 0 unspecified atom stereocenters. The average molecular weight is 290 g/mol. The number of hydrogen-bond acceptors (Lipinski definition) is 4. The maximum absolute atomic E-state index is 13.1. The van der Waals surface area contributed by atoms with Gasteiger partial charge in [-0.2, -0.15) is 0 Å². The Morgan fingerprint density at radius 3 is 2.67 bits per heavy atom. The minimum Gasteiger partial charge on any atom is -0.347 e. The number of aromatic nitrogens is 2. The molecule has 0 spiro atoms. The molecule has 1 amide bonds. The highest BCUT2D eigenvalue weighted by molar-refractivity contribution is 5.92. The van der Waals surface area contributed by atoms with Crippen molar-refractivity contribution in [2.24, 2.45) is 0 Å². The van der Waals surface area contributed by atoms with Gasteiger partial charge < -0.3 is 10.6 Å². The molecule has 7 heteroatoms. The zero-order chi connectivity index (χ0) is 15.2. The molecule has 0 aliphatic heterocycles. The first kappa shape index (κ1) is 14.6. The number of rotatable bonds is 5. The Balaban J connectivity index is 2.06. The van der Waals surface area contributed by atoms with Gasteiger partial charge in [0, 0.05) is 18.3 Å². The standard InChI is InChI=1S/C14H12F2N4O/c1-2-5-17-14(21)12-7-19-13(8-18-12)20-9-3-4-10(15)11(16)6-9/h2-4,6-8H,1,5H2,(H,17,21)(H,19,20). The lowest BCUT2D eigenvalue weighted by molar-refractivity contribution is 0.0952. The Hall–Kier alpha value is -2.83. The van der Waals surface area contributed by atoms with E-state index < -0.39 is 11.6 Å². The molecular weight excluding hydrogens is 278 g/mol. The van der Waals surface area contributed by atoms with Gasteiger partial charge in [-0.3, -0.25) is 4.79 Å². The first-order chi connectivity index (χ1) is 10.1. The predicted molar refractivity (Wildman–Crippen MR) is 74.2 cm³/mol. The van der Waals surface area contributed by atoms with Crippen molar-refractivity contribution in [3.05, 3.63) is 60.6 Å². The van der Waals surface area contributed by atoms with Crippen LogP contribution < -0.4 is 10.6 Å². The zero-order valence-electron chi connectivity index (χ0n) is 10.9. The van der Waals surface area contributed by atoms with E-state index in [9.17, 15) is 13.6 Å². The molecule has 0 aliphatic carbocycles. The van der Waals surface area contributed by atoms with E-state index in [2.05, 4.69) is 27.2 Å². The molecule has 2 rings (SSSR count). The van der Waals surface area contributed by atoms with Crippen molar-refractivity contribution in [1.29, 1.82) is 0 Å². The number of amides is 1. The summed E-state index contributed by atoms with van der Waals surface area (Å²) >= 11 is 0. The predicted octanol–water partition coefficient (Wildman–Crippen LogP) is 2.41. The van der Waals surface area contributed by atoms with Crippen molar-refractivity contribution >= 4 is 17.4 Å². The van der Waals surface area contributed by atoms with Crippen molar-refractivity contribution in [2.45, 2.75) is 0 Å². The molecule has 1 aromatic heterocycles. The number of nitrogens with one attached hydrogen (secondary N) is 2. The van der Waals surface area contributed by atoms with Gasteiger partial charge in [0.05, 0.1) is 12.4 Å². The van der Waals surface area contributed by atoms with Crippen molar-refractivity contribution in [3.8, 4) is 0 Å². The Morgan fingerprint density at radius 2 is 2.05 bits per heavy atom. The van der Waals surface area contributed by atoms with Crippen LogP contribution in [0.25, 0.3) is 0 Å². The molecule has 0 aliphatic rings. The van der Waals surface area contributed by atoms with Crippen LogP contribution >= 0.6 is 0 Å². The summed E-state index contributed by atoms with van der Waals surface area (Å²) in [5.41, 5.74) is 0.472. The second-order valence-corrected chi connectivity index (χ2v) is 4.04. The van der Waals surface area contributed by atoms with Gasteiger partial charge >= 0.3 is 0 Å². The summed E-state index contributed by atoms with van der Waals surface area (Å²) in [7, 11) is 0. The highest BCUT2D eigenvalue weighted by Gasteiger charge is 2.07. The number of benzene rings is 1. The first-order valence-electron chi connectivity index (χ1n) is 6.03. The maximum Gasteiger partial charge on any atom is 0.271 e.